The minimum Gasteiger partial charge on any atom is -0.335 e. The molecular weight excluding hydrogens is 405 g/mol. The maximum absolute atomic E-state index is 12.6. The highest BCUT2D eigenvalue weighted by atomic mass is 32.1. The van der Waals surface area contributed by atoms with Crippen molar-refractivity contribution in [2.75, 3.05) is 10.6 Å². The second kappa shape index (κ2) is 9.25. The van der Waals surface area contributed by atoms with Crippen molar-refractivity contribution in [3.05, 3.63) is 40.9 Å². The summed E-state index contributed by atoms with van der Waals surface area (Å²) in [4.78, 5) is 28.3. The first-order valence-electron chi connectivity index (χ1n) is 9.28. The van der Waals surface area contributed by atoms with Gasteiger partial charge in [0, 0.05) is 17.1 Å². The number of rotatable bonds is 5. The van der Waals surface area contributed by atoms with Gasteiger partial charge in [0.1, 0.15) is 0 Å². The Kier molecular flexibility index (Phi) is 6.73. The standard InChI is InChI=1S/C19H21F3N4O2S/c20-19(21,22)12-6-8-14(9-7-12)23-16(27)10-15-11-29-18(25-15)26-17(28)24-13-4-2-1-3-5-13/h6-9,11,13H,1-5,10H2,(H,23,27)(H2,24,25,26,28). The number of nitrogens with zero attached hydrogens (tertiary/aromatic N) is 1. The average molecular weight is 426 g/mol. The Labute approximate surface area is 169 Å². The molecule has 3 rings (SSSR count). The fourth-order valence-corrected chi connectivity index (χ4v) is 3.83. The number of hydrogen-bond acceptors (Lipinski definition) is 4. The molecule has 1 aromatic heterocycles. The molecule has 0 spiro atoms. The van der Waals surface area contributed by atoms with Crippen LogP contribution >= 0.6 is 11.3 Å². The zero-order valence-electron chi connectivity index (χ0n) is 15.5. The molecule has 0 aliphatic heterocycles. The molecule has 1 aliphatic carbocycles. The van der Waals surface area contributed by atoms with E-state index in [0.29, 0.717) is 10.8 Å². The molecule has 156 valence electrons. The molecule has 29 heavy (non-hydrogen) atoms. The lowest BCUT2D eigenvalue weighted by molar-refractivity contribution is -0.137. The number of thiazole rings is 1. The average Bonchev–Trinajstić information content (AvgIpc) is 3.08. The van der Waals surface area contributed by atoms with E-state index in [4.69, 9.17) is 0 Å². The number of urea groups is 1. The smallest absolute Gasteiger partial charge is 0.335 e. The van der Waals surface area contributed by atoms with E-state index in [2.05, 4.69) is 20.9 Å². The van der Waals surface area contributed by atoms with Crippen LogP contribution in [0.1, 0.15) is 43.4 Å². The maximum atomic E-state index is 12.6. The zero-order valence-corrected chi connectivity index (χ0v) is 16.3. The van der Waals surface area contributed by atoms with Gasteiger partial charge in [0.05, 0.1) is 17.7 Å². The highest BCUT2D eigenvalue weighted by Gasteiger charge is 2.30. The molecule has 3 amide bonds. The van der Waals surface area contributed by atoms with Crippen LogP contribution in [0.2, 0.25) is 0 Å². The van der Waals surface area contributed by atoms with Crippen molar-refractivity contribution in [2.45, 2.75) is 50.7 Å². The van der Waals surface area contributed by atoms with Crippen molar-refractivity contribution >= 4 is 34.1 Å². The number of anilines is 2. The molecule has 6 nitrogen and oxygen atoms in total. The summed E-state index contributed by atoms with van der Waals surface area (Å²) < 4.78 is 37.7. The Morgan fingerprint density at radius 2 is 1.76 bits per heavy atom. The lowest BCUT2D eigenvalue weighted by atomic mass is 9.96. The van der Waals surface area contributed by atoms with Crippen molar-refractivity contribution in [2.24, 2.45) is 0 Å². The zero-order chi connectivity index (χ0) is 20.9. The van der Waals surface area contributed by atoms with Crippen molar-refractivity contribution in [1.29, 1.82) is 0 Å². The summed E-state index contributed by atoms with van der Waals surface area (Å²) in [7, 11) is 0. The van der Waals surface area contributed by atoms with Crippen LogP contribution in [0, 0.1) is 0 Å². The molecule has 3 N–H and O–H groups in total. The second-order valence-electron chi connectivity index (χ2n) is 6.88. The van der Waals surface area contributed by atoms with Gasteiger partial charge in [0.2, 0.25) is 5.91 Å². The number of hydrogen-bond donors (Lipinski definition) is 3. The second-order valence-corrected chi connectivity index (χ2v) is 7.74. The molecule has 0 bridgehead atoms. The first-order chi connectivity index (χ1) is 13.8. The molecule has 1 heterocycles. The predicted molar refractivity (Wildman–Crippen MR) is 105 cm³/mol. The third-order valence-corrected chi connectivity index (χ3v) is 5.36. The molecule has 2 aromatic rings. The van der Waals surface area contributed by atoms with E-state index in [9.17, 15) is 22.8 Å². The monoisotopic (exact) mass is 426 g/mol. The van der Waals surface area contributed by atoms with Crippen molar-refractivity contribution in [3.8, 4) is 0 Å². The van der Waals surface area contributed by atoms with E-state index in [1.165, 1.54) is 29.9 Å². The number of carbonyl (C=O) groups is 2. The Bertz CT molecular complexity index is 846. The number of aromatic nitrogens is 1. The Morgan fingerprint density at radius 1 is 1.07 bits per heavy atom. The van der Waals surface area contributed by atoms with Gasteiger partial charge in [0.25, 0.3) is 0 Å². The van der Waals surface area contributed by atoms with E-state index in [0.717, 1.165) is 37.8 Å². The van der Waals surface area contributed by atoms with Crippen LogP contribution in [-0.2, 0) is 17.4 Å². The Balaban J connectivity index is 1.47. The topological polar surface area (TPSA) is 83.1 Å². The van der Waals surface area contributed by atoms with Gasteiger partial charge in [-0.3, -0.25) is 10.1 Å². The third-order valence-electron chi connectivity index (χ3n) is 4.55. The van der Waals surface area contributed by atoms with Crippen LogP contribution < -0.4 is 16.0 Å². The molecule has 0 unspecified atom stereocenters. The number of benzene rings is 1. The van der Waals surface area contributed by atoms with E-state index >= 15 is 0 Å². The quantitative estimate of drug-likeness (QED) is 0.642. The van der Waals surface area contributed by atoms with Crippen LogP contribution in [-0.4, -0.2) is 23.0 Å². The fraction of sp³-hybridized carbons (Fsp3) is 0.421. The Hall–Kier alpha value is -2.62. The highest BCUT2D eigenvalue weighted by Crippen LogP contribution is 2.29. The highest BCUT2D eigenvalue weighted by molar-refractivity contribution is 7.13. The van der Waals surface area contributed by atoms with Crippen LogP contribution in [0.25, 0.3) is 0 Å². The minimum atomic E-state index is -4.42. The van der Waals surface area contributed by atoms with Gasteiger partial charge >= 0.3 is 12.2 Å². The molecule has 1 aromatic carbocycles. The number of nitrogens with one attached hydrogen (secondary N) is 3. The van der Waals surface area contributed by atoms with E-state index in [1.807, 2.05) is 0 Å². The van der Waals surface area contributed by atoms with Gasteiger partial charge in [-0.25, -0.2) is 9.78 Å². The summed E-state index contributed by atoms with van der Waals surface area (Å²) in [5.74, 6) is -0.409. The van der Waals surface area contributed by atoms with Gasteiger partial charge in [-0.2, -0.15) is 13.2 Å². The number of amides is 3. The van der Waals surface area contributed by atoms with Crippen molar-refractivity contribution < 1.29 is 22.8 Å². The summed E-state index contributed by atoms with van der Waals surface area (Å²) in [6, 6.07) is 4.08. The summed E-state index contributed by atoms with van der Waals surface area (Å²) >= 11 is 1.20. The lowest BCUT2D eigenvalue weighted by Gasteiger charge is -2.22. The van der Waals surface area contributed by atoms with Gasteiger partial charge in [-0.15, -0.1) is 11.3 Å². The first-order valence-corrected chi connectivity index (χ1v) is 10.2. The molecule has 1 saturated carbocycles. The summed E-state index contributed by atoms with van der Waals surface area (Å²) in [6.07, 6.45) is 0.894. The molecular formula is C19H21F3N4O2S. The Morgan fingerprint density at radius 3 is 2.41 bits per heavy atom. The first kappa shape index (κ1) is 21.1. The van der Waals surface area contributed by atoms with E-state index in [-0.39, 0.29) is 24.2 Å². The van der Waals surface area contributed by atoms with Gasteiger partial charge in [-0.1, -0.05) is 19.3 Å². The number of alkyl halides is 3. The van der Waals surface area contributed by atoms with Gasteiger partial charge in [-0.05, 0) is 37.1 Å². The van der Waals surface area contributed by atoms with E-state index in [1.54, 1.807) is 5.38 Å². The lowest BCUT2D eigenvalue weighted by Crippen LogP contribution is -2.39. The molecule has 1 fully saturated rings. The van der Waals surface area contributed by atoms with Crippen molar-refractivity contribution in [3.63, 3.8) is 0 Å². The van der Waals surface area contributed by atoms with E-state index < -0.39 is 17.6 Å². The van der Waals surface area contributed by atoms with Crippen LogP contribution in [0.15, 0.2) is 29.6 Å². The molecule has 0 saturated heterocycles. The van der Waals surface area contributed by atoms with Crippen LogP contribution in [0.5, 0.6) is 0 Å². The fourth-order valence-electron chi connectivity index (χ4n) is 3.12. The van der Waals surface area contributed by atoms with Crippen LogP contribution in [0.4, 0.5) is 28.8 Å². The maximum Gasteiger partial charge on any atom is 0.416 e. The van der Waals surface area contributed by atoms with Gasteiger partial charge in [0.15, 0.2) is 5.13 Å². The largest absolute Gasteiger partial charge is 0.416 e. The molecule has 10 heteroatoms. The summed E-state index contributed by atoms with van der Waals surface area (Å²) in [6.45, 7) is 0. The molecule has 1 aliphatic rings. The predicted octanol–water partition coefficient (Wildman–Crippen LogP) is 4.80. The minimum absolute atomic E-state index is 0.0521. The van der Waals surface area contributed by atoms with Crippen LogP contribution in [0.3, 0.4) is 0 Å². The normalized spacial score (nSPS) is 15.0. The SMILES string of the molecule is O=C(Cc1csc(NC(=O)NC2CCCCC2)n1)Nc1ccc(C(F)(F)F)cc1. The molecule has 0 radical (unpaired) electrons. The third kappa shape index (κ3) is 6.45. The van der Waals surface area contributed by atoms with Crippen molar-refractivity contribution in [1.82, 2.24) is 10.3 Å². The molecule has 0 atom stereocenters. The summed E-state index contributed by atoms with van der Waals surface area (Å²) in [5.41, 5.74) is -0.0481. The summed E-state index contributed by atoms with van der Waals surface area (Å²) in [5, 5.41) is 10.2. The number of halogens is 3. The van der Waals surface area contributed by atoms with Gasteiger partial charge < -0.3 is 10.6 Å². The number of carbonyl (C=O) groups excluding carboxylic acids is 2.